The number of anilines is 2. The number of nitro groups is 1. The first kappa shape index (κ1) is 52.0. The zero-order valence-electron chi connectivity index (χ0n) is 43.5. The summed E-state index contributed by atoms with van der Waals surface area (Å²) < 4.78 is 75.0. The lowest BCUT2D eigenvalue weighted by atomic mass is 9.59. The van der Waals surface area contributed by atoms with Gasteiger partial charge in [0.2, 0.25) is 0 Å². The highest BCUT2D eigenvalue weighted by molar-refractivity contribution is 7.90. The Labute approximate surface area is 446 Å². The second kappa shape index (κ2) is 21.4. The normalized spacial score (nSPS) is 19.7. The Bertz CT molecular complexity index is 3260. The number of piperidine rings is 1. The first-order valence-corrected chi connectivity index (χ1v) is 27.9. The minimum absolute atomic E-state index is 0.0163. The second-order valence-corrected chi connectivity index (χ2v) is 23.0. The van der Waals surface area contributed by atoms with Crippen LogP contribution in [0.4, 0.5) is 21.6 Å². The van der Waals surface area contributed by atoms with Gasteiger partial charge in [0.05, 0.1) is 18.2 Å². The van der Waals surface area contributed by atoms with Crippen LogP contribution in [0.25, 0.3) is 11.0 Å². The Kier molecular flexibility index (Phi) is 14.5. The molecule has 4 aliphatic heterocycles. The van der Waals surface area contributed by atoms with Crippen LogP contribution in [0.15, 0.2) is 96.3 Å². The standard InChI is InChI=1S/C56H64FN9O10S/c1-36(2)42-6-4-5-7-43(42)46-34-63(33-37-8-10-40(72-3)11-9-37)20-21-65(46)39-29-55(30-39)13-18-64(19-14-55)49-28-47(76-41-26-38-12-17-58-53(38)60-31-41)44(32-59-49)54(67)62-77(70,71)48-27-45(66(68)69)50(52-51(48)74-24-25-75-52)61-35-56(57)15-22-73-23-16-56/h4-12,17,26-28,31-32,36,39,46,61H,13-16,18-25,29-30,33-35H2,1-3H3,(H,58,60)(H,62,67)/t46-/m0/s1. The SMILES string of the molecule is COc1ccc(CN2CCN(C3CC4(CCN(c5cc(Oc6cnc7[nH]ccc7c6)c(C(=O)NS(=O)(=O)c6cc([N+](=O)[O-])c(NCC7(F)CCOCC7)c7c6OCCO7)cn5)CC4)C3)[C@H](c3ccccc3C(C)C)C2)cc1. The summed E-state index contributed by atoms with van der Waals surface area (Å²) in [6.07, 6.45) is 8.72. The number of rotatable bonds is 16. The van der Waals surface area contributed by atoms with Crippen LogP contribution in [-0.4, -0.2) is 129 Å². The molecule has 3 saturated heterocycles. The van der Waals surface area contributed by atoms with Crippen LogP contribution in [0, 0.1) is 15.5 Å². The largest absolute Gasteiger partial charge is 0.497 e. The van der Waals surface area contributed by atoms with Crippen LogP contribution in [0.3, 0.4) is 0 Å². The van der Waals surface area contributed by atoms with Crippen molar-refractivity contribution < 1.29 is 46.2 Å². The van der Waals surface area contributed by atoms with Gasteiger partial charge >= 0.3 is 0 Å². The highest BCUT2D eigenvalue weighted by atomic mass is 32.2. The van der Waals surface area contributed by atoms with E-state index in [1.807, 2.05) is 18.2 Å². The molecule has 406 valence electrons. The molecule has 0 radical (unpaired) electrons. The zero-order valence-corrected chi connectivity index (χ0v) is 44.3. The number of aromatic amines is 1. The van der Waals surface area contributed by atoms with Crippen LogP contribution in [0.2, 0.25) is 0 Å². The summed E-state index contributed by atoms with van der Waals surface area (Å²) in [4.78, 5) is 45.1. The van der Waals surface area contributed by atoms with Crippen molar-refractivity contribution in [3.63, 3.8) is 0 Å². The third kappa shape index (κ3) is 10.8. The van der Waals surface area contributed by atoms with Crippen molar-refractivity contribution in [1.29, 1.82) is 0 Å². The molecule has 1 spiro atoms. The molecule has 5 aliphatic rings. The lowest BCUT2D eigenvalue weighted by Crippen LogP contribution is -2.60. The van der Waals surface area contributed by atoms with E-state index in [0.717, 1.165) is 69.1 Å². The van der Waals surface area contributed by atoms with Crippen molar-refractivity contribution in [2.45, 2.75) is 87.5 Å². The van der Waals surface area contributed by atoms with E-state index in [9.17, 15) is 23.3 Å². The van der Waals surface area contributed by atoms with Crippen LogP contribution in [0.5, 0.6) is 28.7 Å². The number of H-pyrrole nitrogens is 1. The molecule has 7 heterocycles. The van der Waals surface area contributed by atoms with E-state index >= 15 is 4.39 Å². The number of methoxy groups -OCH3 is 1. The molecule has 21 heteroatoms. The first-order valence-electron chi connectivity index (χ1n) is 26.4. The van der Waals surface area contributed by atoms with E-state index in [4.69, 9.17) is 28.7 Å². The number of fused-ring (bicyclic) bond motifs is 2. The maximum absolute atomic E-state index is 15.7. The number of pyridine rings is 2. The van der Waals surface area contributed by atoms with Crippen LogP contribution in [0.1, 0.15) is 91.4 Å². The highest BCUT2D eigenvalue weighted by Crippen LogP contribution is 2.54. The Balaban J connectivity index is 0.813. The van der Waals surface area contributed by atoms with Crippen LogP contribution < -0.4 is 33.9 Å². The fourth-order valence-electron chi connectivity index (χ4n) is 11.9. The summed E-state index contributed by atoms with van der Waals surface area (Å²) in [5.74, 6) is 0.346. The molecule has 0 unspecified atom stereocenters. The minimum atomic E-state index is -4.92. The summed E-state index contributed by atoms with van der Waals surface area (Å²) in [6.45, 7) is 9.63. The van der Waals surface area contributed by atoms with E-state index in [0.29, 0.717) is 36.5 Å². The molecule has 1 aliphatic carbocycles. The van der Waals surface area contributed by atoms with Gasteiger partial charge in [-0.05, 0) is 78.0 Å². The molecule has 1 amide bonds. The van der Waals surface area contributed by atoms with Gasteiger partial charge in [0, 0.05) is 114 Å². The quantitative estimate of drug-likeness (QED) is 0.0609. The number of aromatic nitrogens is 3. The van der Waals surface area contributed by atoms with Gasteiger partial charge in [-0.25, -0.2) is 27.5 Å². The summed E-state index contributed by atoms with van der Waals surface area (Å²) in [5, 5.41) is 16.1. The van der Waals surface area contributed by atoms with Crippen molar-refractivity contribution in [1.82, 2.24) is 29.5 Å². The Morgan fingerprint density at radius 1 is 0.922 bits per heavy atom. The third-order valence-corrected chi connectivity index (χ3v) is 17.5. The number of sulfonamides is 1. The predicted molar refractivity (Wildman–Crippen MR) is 287 cm³/mol. The van der Waals surface area contributed by atoms with Gasteiger partial charge in [-0.2, -0.15) is 0 Å². The number of nitrogens with one attached hydrogen (secondary N) is 3. The lowest BCUT2D eigenvalue weighted by Gasteiger charge is -2.58. The van der Waals surface area contributed by atoms with Crippen molar-refractivity contribution in [3.8, 4) is 28.7 Å². The number of hydrogen-bond donors (Lipinski definition) is 3. The third-order valence-electron chi connectivity index (χ3n) is 16.1. The number of hydrogen-bond acceptors (Lipinski definition) is 16. The van der Waals surface area contributed by atoms with Crippen LogP contribution in [-0.2, 0) is 21.3 Å². The van der Waals surface area contributed by atoms with Gasteiger partial charge in [0.15, 0.2) is 17.2 Å². The summed E-state index contributed by atoms with van der Waals surface area (Å²) in [5.41, 5.74) is 1.96. The highest BCUT2D eigenvalue weighted by Gasteiger charge is 2.50. The van der Waals surface area contributed by atoms with Gasteiger partial charge in [-0.15, -0.1) is 0 Å². The number of halogens is 1. The van der Waals surface area contributed by atoms with Gasteiger partial charge in [-0.1, -0.05) is 50.2 Å². The minimum Gasteiger partial charge on any atom is -0.497 e. The number of benzene rings is 3. The zero-order chi connectivity index (χ0) is 53.5. The molecule has 1 saturated carbocycles. The number of ether oxygens (including phenoxy) is 5. The molecule has 3 N–H and O–H groups in total. The molecule has 11 rings (SSSR count). The van der Waals surface area contributed by atoms with Crippen molar-refractivity contribution in [2.24, 2.45) is 5.41 Å². The fraction of sp³-hybridized carbons (Fsp3) is 0.446. The van der Waals surface area contributed by atoms with Crippen molar-refractivity contribution in [3.05, 3.63) is 124 Å². The van der Waals surface area contributed by atoms with E-state index < -0.39 is 37.1 Å². The Hall–Kier alpha value is -7.07. The first-order chi connectivity index (χ1) is 37.2. The molecule has 6 aromatic rings. The number of amides is 1. The monoisotopic (exact) mass is 1070 g/mol. The molecule has 3 aromatic heterocycles. The molecule has 19 nitrogen and oxygen atoms in total. The summed E-state index contributed by atoms with van der Waals surface area (Å²) in [6, 6.07) is 24.0. The maximum Gasteiger partial charge on any atom is 0.297 e. The fourth-order valence-corrected chi connectivity index (χ4v) is 13.0. The average Bonchev–Trinajstić information content (AvgIpc) is 3.96. The Morgan fingerprint density at radius 2 is 1.68 bits per heavy atom. The van der Waals surface area contributed by atoms with Gasteiger partial charge in [0.25, 0.3) is 21.6 Å². The van der Waals surface area contributed by atoms with E-state index in [-0.39, 0.29) is 91.5 Å². The smallest absolute Gasteiger partial charge is 0.297 e. The number of nitro benzene ring substituents is 1. The lowest BCUT2D eigenvalue weighted by molar-refractivity contribution is -0.384. The summed E-state index contributed by atoms with van der Waals surface area (Å²) >= 11 is 0. The molecular formula is C56H64FN9O10S. The number of carbonyl (C=O) groups is 1. The van der Waals surface area contributed by atoms with E-state index in [1.165, 1.54) is 29.1 Å². The average molecular weight is 1070 g/mol. The van der Waals surface area contributed by atoms with E-state index in [1.54, 1.807) is 25.4 Å². The molecule has 0 bridgehead atoms. The molecule has 4 fully saturated rings. The van der Waals surface area contributed by atoms with Crippen LogP contribution >= 0.6 is 0 Å². The Morgan fingerprint density at radius 3 is 2.42 bits per heavy atom. The number of carbonyl (C=O) groups excluding carboxylic acids is 1. The number of nitrogens with zero attached hydrogens (tertiary/aromatic N) is 6. The number of alkyl halides is 1. The number of piperazine rings is 1. The molecule has 77 heavy (non-hydrogen) atoms. The second-order valence-electron chi connectivity index (χ2n) is 21.3. The molecule has 3 aromatic carbocycles. The van der Waals surface area contributed by atoms with Gasteiger partial charge < -0.3 is 38.9 Å². The topological polar surface area (TPSA) is 216 Å². The maximum atomic E-state index is 15.7. The predicted octanol–water partition coefficient (Wildman–Crippen LogP) is 8.92. The van der Waals surface area contributed by atoms with Gasteiger partial charge in [0.1, 0.15) is 58.1 Å². The van der Waals surface area contributed by atoms with Gasteiger partial charge in [-0.3, -0.25) is 24.7 Å². The molecular weight excluding hydrogens is 1010 g/mol. The van der Waals surface area contributed by atoms with Crippen molar-refractivity contribution in [2.75, 3.05) is 83.0 Å². The molecule has 1 atom stereocenters. The van der Waals surface area contributed by atoms with Crippen molar-refractivity contribution >= 4 is 44.2 Å². The summed E-state index contributed by atoms with van der Waals surface area (Å²) in [7, 11) is -3.23. The van der Waals surface area contributed by atoms with E-state index in [2.05, 4.69) is 85.0 Å².